The van der Waals surface area contributed by atoms with Gasteiger partial charge in [-0.05, 0) is 19.9 Å². The maximum Gasteiger partial charge on any atom is 0.320 e. The summed E-state index contributed by atoms with van der Waals surface area (Å²) in [6.45, 7) is 4.42. The molecule has 2 atom stereocenters. The summed E-state index contributed by atoms with van der Waals surface area (Å²) in [5.74, 6) is -2.33. The Balaban J connectivity index is 1.33. The highest BCUT2D eigenvalue weighted by atomic mass is 32.2. The summed E-state index contributed by atoms with van der Waals surface area (Å²) in [6.07, 6.45) is 1.22. The van der Waals surface area contributed by atoms with E-state index in [4.69, 9.17) is 16.2 Å². The van der Waals surface area contributed by atoms with Crippen molar-refractivity contribution in [3.8, 4) is 12.1 Å². The molecule has 222 valence electrons. The Hall–Kier alpha value is -3.48. The van der Waals surface area contributed by atoms with Crippen LogP contribution in [0.3, 0.4) is 0 Å². The number of hydrogen-bond acceptors (Lipinski definition) is 12. The zero-order valence-corrected chi connectivity index (χ0v) is 24.7. The number of aromatic nitrogens is 3. The molecule has 5 N–H and O–H groups in total. The molecule has 2 saturated heterocycles. The van der Waals surface area contributed by atoms with Crippen molar-refractivity contribution in [2.45, 2.75) is 48.8 Å². The van der Waals surface area contributed by atoms with E-state index in [9.17, 15) is 14.0 Å². The molecule has 0 bridgehead atoms. The van der Waals surface area contributed by atoms with E-state index in [1.54, 1.807) is 33.8 Å². The normalized spacial score (nSPS) is 20.7. The minimum atomic E-state index is -2.82. The average Bonchev–Trinajstić information content (AvgIpc) is 3.59. The lowest BCUT2D eigenvalue weighted by atomic mass is 9.88. The molecule has 6 rings (SSSR count). The number of halogens is 3. The second-order valence-electron chi connectivity index (χ2n) is 10.7. The van der Waals surface area contributed by atoms with Crippen LogP contribution in [0.2, 0.25) is 0 Å². The molecule has 2 fully saturated rings. The highest BCUT2D eigenvalue weighted by molar-refractivity contribution is 8.00. The molecule has 10 nitrogen and oxygen atoms in total. The molecular formula is C27H30F3N9OS2. The van der Waals surface area contributed by atoms with Crippen molar-refractivity contribution in [3.63, 3.8) is 0 Å². The number of nitrogens with one attached hydrogen (secondary N) is 1. The molecule has 0 aliphatic carbocycles. The van der Waals surface area contributed by atoms with Gasteiger partial charge in [-0.1, -0.05) is 6.07 Å². The van der Waals surface area contributed by atoms with Gasteiger partial charge in [0, 0.05) is 60.1 Å². The van der Waals surface area contributed by atoms with Crippen molar-refractivity contribution in [2.75, 3.05) is 54.1 Å². The Bertz CT molecular complexity index is 1560. The first kappa shape index (κ1) is 28.6. The third kappa shape index (κ3) is 4.84. The van der Waals surface area contributed by atoms with Crippen molar-refractivity contribution in [2.24, 2.45) is 0 Å². The van der Waals surface area contributed by atoms with Gasteiger partial charge in [-0.3, -0.25) is 0 Å². The first-order valence-corrected chi connectivity index (χ1v) is 15.3. The van der Waals surface area contributed by atoms with Gasteiger partial charge in [0.15, 0.2) is 11.6 Å². The molecule has 3 aliphatic rings. The van der Waals surface area contributed by atoms with Crippen LogP contribution >= 0.6 is 23.1 Å². The minimum absolute atomic E-state index is 0.0103. The zero-order chi connectivity index (χ0) is 29.8. The monoisotopic (exact) mass is 617 g/mol. The third-order valence-corrected chi connectivity index (χ3v) is 10.7. The number of pyridine rings is 1. The van der Waals surface area contributed by atoms with Crippen LogP contribution in [0.4, 0.5) is 35.6 Å². The fraction of sp³-hybridized carbons (Fsp3) is 0.481. The lowest BCUT2D eigenvalue weighted by molar-refractivity contribution is 0.0195. The zero-order valence-electron chi connectivity index (χ0n) is 23.0. The number of hydrogen-bond donors (Lipinski definition) is 3. The molecule has 3 aromatic heterocycles. The molecule has 0 saturated carbocycles. The number of nitriles is 1. The number of nitrogen functional groups attached to an aromatic ring is 2. The molecule has 3 aromatic rings. The molecule has 1 spiro atoms. The first-order valence-electron chi connectivity index (χ1n) is 13.5. The summed E-state index contributed by atoms with van der Waals surface area (Å²) < 4.78 is 49.3. The number of thiophene rings is 1. The molecular weight excluding hydrogens is 587 g/mol. The van der Waals surface area contributed by atoms with E-state index >= 15 is 4.39 Å². The summed E-state index contributed by atoms with van der Waals surface area (Å²) in [7, 11) is 0. The second kappa shape index (κ2) is 10.7. The van der Waals surface area contributed by atoms with Gasteiger partial charge >= 0.3 is 6.01 Å². The molecule has 3 aliphatic heterocycles. The smallest absolute Gasteiger partial charge is 0.320 e. The Labute approximate surface area is 249 Å². The number of ether oxygens (including phenoxy) is 1. The quantitative estimate of drug-likeness (QED) is 0.337. The van der Waals surface area contributed by atoms with Crippen LogP contribution in [0, 0.1) is 17.1 Å². The summed E-state index contributed by atoms with van der Waals surface area (Å²) >= 11 is 3.14. The molecule has 0 amide bonds. The predicted octanol–water partition coefficient (Wildman–Crippen LogP) is 4.03. The molecule has 42 heavy (non-hydrogen) atoms. The Morgan fingerprint density at radius 2 is 2.12 bits per heavy atom. The van der Waals surface area contributed by atoms with Crippen molar-refractivity contribution in [1.29, 1.82) is 5.26 Å². The van der Waals surface area contributed by atoms with Crippen molar-refractivity contribution >= 4 is 45.6 Å². The predicted molar refractivity (Wildman–Crippen MR) is 158 cm³/mol. The molecule has 15 heteroatoms. The number of fused-ring (bicyclic) bond motifs is 2. The molecule has 6 heterocycles. The Morgan fingerprint density at radius 1 is 1.33 bits per heavy atom. The highest BCUT2D eigenvalue weighted by Gasteiger charge is 2.53. The lowest BCUT2D eigenvalue weighted by Gasteiger charge is -2.48. The third-order valence-electron chi connectivity index (χ3n) is 8.05. The molecule has 0 unspecified atom stereocenters. The molecule has 0 aromatic carbocycles. The maximum absolute atomic E-state index is 16.4. The Kier molecular flexibility index (Phi) is 7.27. The second-order valence-corrected chi connectivity index (χ2v) is 13.2. The van der Waals surface area contributed by atoms with Crippen molar-refractivity contribution in [3.05, 3.63) is 45.7 Å². The van der Waals surface area contributed by atoms with E-state index in [0.717, 1.165) is 16.2 Å². The van der Waals surface area contributed by atoms with Gasteiger partial charge in [-0.2, -0.15) is 19.6 Å². The van der Waals surface area contributed by atoms with Crippen LogP contribution in [-0.4, -0.2) is 59.7 Å². The van der Waals surface area contributed by atoms with E-state index in [0.29, 0.717) is 41.6 Å². The number of rotatable bonds is 8. The van der Waals surface area contributed by atoms with E-state index < -0.39 is 35.1 Å². The van der Waals surface area contributed by atoms with E-state index in [2.05, 4.69) is 26.3 Å². The Morgan fingerprint density at radius 3 is 2.79 bits per heavy atom. The highest BCUT2D eigenvalue weighted by Crippen LogP contribution is 2.58. The minimum Gasteiger partial charge on any atom is -0.462 e. The fourth-order valence-electron chi connectivity index (χ4n) is 5.96. The maximum atomic E-state index is 16.4. The summed E-state index contributed by atoms with van der Waals surface area (Å²) in [5, 5.41) is 13.0. The van der Waals surface area contributed by atoms with E-state index in [-0.39, 0.29) is 30.7 Å². The van der Waals surface area contributed by atoms with Gasteiger partial charge < -0.3 is 31.3 Å². The largest absolute Gasteiger partial charge is 0.462 e. The van der Waals surface area contributed by atoms with Crippen LogP contribution in [0.15, 0.2) is 18.3 Å². The average molecular weight is 618 g/mol. The fourth-order valence-corrected chi connectivity index (χ4v) is 8.76. The van der Waals surface area contributed by atoms with Crippen LogP contribution in [0.1, 0.15) is 47.9 Å². The topological polar surface area (TPSA) is 142 Å². The van der Waals surface area contributed by atoms with Gasteiger partial charge in [0.1, 0.15) is 23.5 Å². The summed E-state index contributed by atoms with van der Waals surface area (Å²) in [6, 6.07) is 4.73. The van der Waals surface area contributed by atoms with Gasteiger partial charge in [0.2, 0.25) is 5.82 Å². The van der Waals surface area contributed by atoms with Gasteiger partial charge in [0.05, 0.1) is 22.9 Å². The number of nitrogens with zero attached hydrogens (tertiary/aromatic N) is 6. The SMILES string of the molecule is CCN(c1nc(OC[C@@H]2CC(F)(F)CN2)nc(N2CC3(C2)SCc2sc(N)c(C#N)c23)c1F)[C@H](C)c1cccnc1N. The number of alkyl halides is 2. The first-order chi connectivity index (χ1) is 20.1. The van der Waals surface area contributed by atoms with E-state index in [1.807, 2.05) is 19.9 Å². The van der Waals surface area contributed by atoms with E-state index in [1.165, 1.54) is 11.3 Å². The number of thioether (sulfide) groups is 1. The van der Waals surface area contributed by atoms with Crippen molar-refractivity contribution < 1.29 is 17.9 Å². The standard InChI is InChI=1S/C27H30F3N9OS2/c1-3-39(14(2)16-5-4-6-34-21(16)32)24-20(28)23(36-25(37-24)40-9-15-7-27(29,30)11-35-15)38-12-26(13-38)19-17(8-31)22(33)42-18(19)10-41-26/h4-6,14-15,35H,3,7,9-13,33H2,1-2H3,(H2,32,34)/t14-,15+/m1/s1. The van der Waals surface area contributed by atoms with Crippen LogP contribution in [-0.2, 0) is 10.5 Å². The number of nitrogens with two attached hydrogens (primary N) is 2. The molecule has 0 radical (unpaired) electrons. The van der Waals surface area contributed by atoms with Gasteiger partial charge in [-0.25, -0.2) is 13.8 Å². The van der Waals surface area contributed by atoms with Gasteiger partial charge in [0.25, 0.3) is 5.92 Å². The van der Waals surface area contributed by atoms with Crippen LogP contribution < -0.4 is 31.3 Å². The lowest BCUT2D eigenvalue weighted by Crippen LogP contribution is -2.57. The number of anilines is 4. The van der Waals surface area contributed by atoms with Gasteiger partial charge in [-0.15, -0.1) is 23.1 Å². The van der Waals surface area contributed by atoms with Crippen molar-refractivity contribution in [1.82, 2.24) is 20.3 Å². The summed E-state index contributed by atoms with van der Waals surface area (Å²) in [4.78, 5) is 17.6. The van der Waals surface area contributed by atoms with Crippen LogP contribution in [0.25, 0.3) is 0 Å². The summed E-state index contributed by atoms with van der Waals surface area (Å²) in [5.41, 5.74) is 14.4. The van der Waals surface area contributed by atoms with Crippen LogP contribution in [0.5, 0.6) is 6.01 Å².